The van der Waals surface area contributed by atoms with Gasteiger partial charge in [0.25, 0.3) is 11.7 Å². The zero-order chi connectivity index (χ0) is 17.6. The third kappa shape index (κ3) is 4.99. The number of thioether (sulfide) groups is 1. The lowest BCUT2D eigenvalue weighted by atomic mass is 10.3. The SMILES string of the molecule is O=C(COc1ccc2c(c1)OCCO2)Nc1ccc(SC(F)F)cc1. The highest BCUT2D eigenvalue weighted by molar-refractivity contribution is 7.99. The second kappa shape index (κ2) is 8.06. The van der Waals surface area contributed by atoms with Crippen LogP contribution in [0.5, 0.6) is 17.2 Å². The van der Waals surface area contributed by atoms with Gasteiger partial charge in [-0.2, -0.15) is 8.78 Å². The lowest BCUT2D eigenvalue weighted by molar-refractivity contribution is -0.118. The minimum Gasteiger partial charge on any atom is -0.486 e. The largest absolute Gasteiger partial charge is 0.486 e. The average Bonchev–Trinajstić information content (AvgIpc) is 2.61. The quantitative estimate of drug-likeness (QED) is 0.788. The molecule has 1 N–H and O–H groups in total. The Labute approximate surface area is 147 Å². The maximum absolute atomic E-state index is 12.3. The summed E-state index contributed by atoms with van der Waals surface area (Å²) in [6, 6.07) is 11.2. The van der Waals surface area contributed by atoms with E-state index >= 15 is 0 Å². The Balaban J connectivity index is 1.51. The van der Waals surface area contributed by atoms with Crippen LogP contribution < -0.4 is 19.5 Å². The van der Waals surface area contributed by atoms with Crippen LogP contribution in [0, 0.1) is 0 Å². The van der Waals surface area contributed by atoms with Crippen molar-refractivity contribution in [3.8, 4) is 17.2 Å². The molecule has 0 aromatic heterocycles. The standard InChI is InChI=1S/C17H15F2NO4S/c18-17(19)25-13-4-1-11(2-5-13)20-16(21)10-24-12-3-6-14-15(9-12)23-8-7-22-14/h1-6,9,17H,7-8,10H2,(H,20,21). The van der Waals surface area contributed by atoms with Crippen LogP contribution in [-0.4, -0.2) is 31.5 Å². The zero-order valence-corrected chi connectivity index (χ0v) is 13.9. The molecule has 3 rings (SSSR count). The van der Waals surface area contributed by atoms with Gasteiger partial charge >= 0.3 is 0 Å². The first-order valence-corrected chi connectivity index (χ1v) is 8.35. The van der Waals surface area contributed by atoms with Crippen LogP contribution in [0.4, 0.5) is 14.5 Å². The minimum absolute atomic E-state index is 0.187. The fraction of sp³-hybridized carbons (Fsp3) is 0.235. The van der Waals surface area contributed by atoms with Gasteiger partial charge in [0, 0.05) is 16.6 Å². The van der Waals surface area contributed by atoms with Crippen molar-refractivity contribution < 1.29 is 27.8 Å². The van der Waals surface area contributed by atoms with Crippen LogP contribution in [0.25, 0.3) is 0 Å². The number of fused-ring (bicyclic) bond motifs is 1. The number of benzene rings is 2. The number of carbonyl (C=O) groups is 1. The normalized spacial score (nSPS) is 12.8. The van der Waals surface area contributed by atoms with Gasteiger partial charge in [-0.3, -0.25) is 4.79 Å². The number of alkyl halides is 2. The van der Waals surface area contributed by atoms with Crippen LogP contribution in [0.2, 0.25) is 0 Å². The van der Waals surface area contributed by atoms with E-state index in [4.69, 9.17) is 14.2 Å². The van der Waals surface area contributed by atoms with Gasteiger partial charge in [-0.15, -0.1) is 0 Å². The van der Waals surface area contributed by atoms with E-state index in [-0.39, 0.29) is 12.5 Å². The topological polar surface area (TPSA) is 56.8 Å². The van der Waals surface area contributed by atoms with Gasteiger partial charge in [0.15, 0.2) is 18.1 Å². The Morgan fingerprint density at radius 2 is 1.84 bits per heavy atom. The highest BCUT2D eigenvalue weighted by Gasteiger charge is 2.13. The zero-order valence-electron chi connectivity index (χ0n) is 13.0. The van der Waals surface area contributed by atoms with E-state index in [9.17, 15) is 13.6 Å². The molecule has 132 valence electrons. The molecule has 1 aliphatic heterocycles. The van der Waals surface area contributed by atoms with Crippen molar-refractivity contribution in [3.63, 3.8) is 0 Å². The number of amides is 1. The Kier molecular flexibility index (Phi) is 5.60. The van der Waals surface area contributed by atoms with E-state index in [0.29, 0.717) is 52.8 Å². The molecule has 1 aliphatic rings. The monoisotopic (exact) mass is 367 g/mol. The molecule has 0 bridgehead atoms. The predicted octanol–water partition coefficient (Wildman–Crippen LogP) is 3.79. The van der Waals surface area contributed by atoms with Crippen molar-refractivity contribution in [2.45, 2.75) is 10.7 Å². The van der Waals surface area contributed by atoms with E-state index in [1.54, 1.807) is 30.3 Å². The Morgan fingerprint density at radius 3 is 2.56 bits per heavy atom. The first-order chi connectivity index (χ1) is 12.1. The third-order valence-electron chi connectivity index (χ3n) is 3.25. The molecule has 5 nitrogen and oxygen atoms in total. The number of rotatable bonds is 6. The number of hydrogen-bond acceptors (Lipinski definition) is 5. The van der Waals surface area contributed by atoms with Crippen molar-refractivity contribution in [1.82, 2.24) is 0 Å². The molecule has 8 heteroatoms. The second-order valence-corrected chi connectivity index (χ2v) is 6.11. The first-order valence-electron chi connectivity index (χ1n) is 7.47. The molecule has 2 aromatic carbocycles. The van der Waals surface area contributed by atoms with E-state index in [1.165, 1.54) is 12.1 Å². The van der Waals surface area contributed by atoms with Crippen molar-refractivity contribution in [2.24, 2.45) is 0 Å². The molecule has 0 unspecified atom stereocenters. The lowest BCUT2D eigenvalue weighted by Crippen LogP contribution is -2.20. The van der Waals surface area contributed by atoms with Crippen LogP contribution in [0.15, 0.2) is 47.4 Å². The Bertz CT molecular complexity index is 740. The molecular weight excluding hydrogens is 352 g/mol. The van der Waals surface area contributed by atoms with E-state index in [2.05, 4.69) is 5.32 Å². The third-order valence-corrected chi connectivity index (χ3v) is 3.97. The van der Waals surface area contributed by atoms with Gasteiger partial charge in [-0.1, -0.05) is 11.8 Å². The molecule has 0 aliphatic carbocycles. The molecule has 0 atom stereocenters. The number of halogens is 2. The lowest BCUT2D eigenvalue weighted by Gasteiger charge is -2.18. The van der Waals surface area contributed by atoms with Crippen LogP contribution in [-0.2, 0) is 4.79 Å². The molecule has 25 heavy (non-hydrogen) atoms. The fourth-order valence-corrected chi connectivity index (χ4v) is 2.68. The van der Waals surface area contributed by atoms with Gasteiger partial charge < -0.3 is 19.5 Å². The van der Waals surface area contributed by atoms with Crippen molar-refractivity contribution in [2.75, 3.05) is 25.1 Å². The molecule has 0 radical (unpaired) electrons. The molecule has 0 saturated carbocycles. The van der Waals surface area contributed by atoms with Gasteiger partial charge in [-0.25, -0.2) is 0 Å². The van der Waals surface area contributed by atoms with E-state index in [0.717, 1.165) is 0 Å². The number of hydrogen-bond donors (Lipinski definition) is 1. The van der Waals surface area contributed by atoms with Crippen molar-refractivity contribution in [1.29, 1.82) is 0 Å². The summed E-state index contributed by atoms with van der Waals surface area (Å²) in [6.07, 6.45) is 0. The molecule has 0 fully saturated rings. The van der Waals surface area contributed by atoms with E-state index < -0.39 is 5.76 Å². The summed E-state index contributed by atoms with van der Waals surface area (Å²) in [6.45, 7) is 0.786. The summed E-state index contributed by atoms with van der Waals surface area (Å²) in [5.74, 6) is -1.12. The van der Waals surface area contributed by atoms with Crippen LogP contribution >= 0.6 is 11.8 Å². The van der Waals surface area contributed by atoms with Gasteiger partial charge in [0.2, 0.25) is 0 Å². The summed E-state index contributed by atoms with van der Waals surface area (Å²) >= 11 is 0.452. The Hall–Kier alpha value is -2.48. The maximum atomic E-state index is 12.3. The fourth-order valence-electron chi connectivity index (χ4n) is 2.18. The van der Waals surface area contributed by atoms with Gasteiger partial charge in [0.05, 0.1) is 0 Å². The van der Waals surface area contributed by atoms with Crippen LogP contribution in [0.1, 0.15) is 0 Å². The van der Waals surface area contributed by atoms with Crippen LogP contribution in [0.3, 0.4) is 0 Å². The summed E-state index contributed by atoms with van der Waals surface area (Å²) in [4.78, 5) is 12.4. The number of ether oxygens (including phenoxy) is 3. The molecule has 1 heterocycles. The minimum atomic E-state index is -2.47. The summed E-state index contributed by atoms with van der Waals surface area (Å²) in [5.41, 5.74) is 0.509. The molecule has 1 amide bonds. The second-order valence-electron chi connectivity index (χ2n) is 5.05. The smallest absolute Gasteiger partial charge is 0.288 e. The molecule has 0 saturated heterocycles. The van der Waals surface area contributed by atoms with Crippen molar-refractivity contribution in [3.05, 3.63) is 42.5 Å². The van der Waals surface area contributed by atoms with Gasteiger partial charge in [-0.05, 0) is 36.4 Å². The highest BCUT2D eigenvalue weighted by Crippen LogP contribution is 2.33. The summed E-state index contributed by atoms with van der Waals surface area (Å²) in [7, 11) is 0. The number of anilines is 1. The summed E-state index contributed by atoms with van der Waals surface area (Å²) < 4.78 is 40.8. The maximum Gasteiger partial charge on any atom is 0.288 e. The molecule has 2 aromatic rings. The van der Waals surface area contributed by atoms with Crippen molar-refractivity contribution >= 4 is 23.4 Å². The van der Waals surface area contributed by atoms with E-state index in [1.807, 2.05) is 0 Å². The predicted molar refractivity (Wildman–Crippen MR) is 89.9 cm³/mol. The first kappa shape index (κ1) is 17.3. The molecular formula is C17H15F2NO4S. The highest BCUT2D eigenvalue weighted by atomic mass is 32.2. The average molecular weight is 367 g/mol. The number of carbonyl (C=O) groups excluding carboxylic acids is 1. The Morgan fingerprint density at radius 1 is 1.12 bits per heavy atom. The summed E-state index contributed by atoms with van der Waals surface area (Å²) in [5, 5.41) is 2.64. The van der Waals surface area contributed by atoms with Gasteiger partial charge in [0.1, 0.15) is 19.0 Å². The molecule has 0 spiro atoms. The number of nitrogens with one attached hydrogen (secondary N) is 1.